The molecule has 0 bridgehead atoms. The van der Waals surface area contributed by atoms with Gasteiger partial charge in [0.15, 0.2) is 0 Å². The SMILES string of the molecule is CCN1CCc2nc3ccccc3c(C(=O)Nc3cccc(NC(C)=O)c3)c2C1. The highest BCUT2D eigenvalue weighted by molar-refractivity contribution is 6.13. The molecule has 0 saturated heterocycles. The van der Waals surface area contributed by atoms with Gasteiger partial charge in [-0.2, -0.15) is 0 Å². The fourth-order valence-electron chi connectivity index (χ4n) is 3.85. The Morgan fingerprint density at radius 3 is 2.59 bits per heavy atom. The van der Waals surface area contributed by atoms with Crippen LogP contribution < -0.4 is 10.6 Å². The molecule has 2 aromatic carbocycles. The highest BCUT2D eigenvalue weighted by Gasteiger charge is 2.25. The predicted molar refractivity (Wildman–Crippen MR) is 115 cm³/mol. The standard InChI is InChI=1S/C23H24N4O2/c1-3-27-12-11-21-19(14-27)22(18-9-4-5-10-20(18)26-21)23(29)25-17-8-6-7-16(13-17)24-15(2)28/h4-10,13H,3,11-12,14H2,1-2H3,(H,24,28)(H,25,29). The van der Waals surface area contributed by atoms with Crippen molar-refractivity contribution in [3.05, 3.63) is 65.4 Å². The van der Waals surface area contributed by atoms with Crippen LogP contribution >= 0.6 is 0 Å². The van der Waals surface area contributed by atoms with Crippen LogP contribution in [0.25, 0.3) is 10.9 Å². The Morgan fingerprint density at radius 1 is 1.07 bits per heavy atom. The van der Waals surface area contributed by atoms with E-state index in [-0.39, 0.29) is 11.8 Å². The molecule has 4 rings (SSSR count). The molecule has 2 N–H and O–H groups in total. The van der Waals surface area contributed by atoms with Crippen molar-refractivity contribution in [2.45, 2.75) is 26.8 Å². The number of rotatable bonds is 4. The van der Waals surface area contributed by atoms with Crippen LogP contribution in [-0.2, 0) is 17.8 Å². The smallest absolute Gasteiger partial charge is 0.256 e. The van der Waals surface area contributed by atoms with Crippen molar-refractivity contribution in [3.8, 4) is 0 Å². The Bertz CT molecular complexity index is 1090. The molecule has 1 aliphatic heterocycles. The molecule has 1 aromatic heterocycles. The number of hydrogen-bond acceptors (Lipinski definition) is 4. The molecule has 2 heterocycles. The molecule has 6 heteroatoms. The molecule has 2 amide bonds. The van der Waals surface area contributed by atoms with Gasteiger partial charge < -0.3 is 10.6 Å². The summed E-state index contributed by atoms with van der Waals surface area (Å²) in [7, 11) is 0. The van der Waals surface area contributed by atoms with E-state index in [2.05, 4.69) is 22.5 Å². The van der Waals surface area contributed by atoms with Crippen LogP contribution in [0.1, 0.15) is 35.5 Å². The second-order valence-electron chi connectivity index (χ2n) is 7.26. The van der Waals surface area contributed by atoms with Gasteiger partial charge in [-0.15, -0.1) is 0 Å². The first-order valence-electron chi connectivity index (χ1n) is 9.87. The zero-order chi connectivity index (χ0) is 20.4. The summed E-state index contributed by atoms with van der Waals surface area (Å²) in [6.07, 6.45) is 0.840. The maximum atomic E-state index is 13.4. The molecule has 0 aliphatic carbocycles. The van der Waals surface area contributed by atoms with Crippen LogP contribution in [0, 0.1) is 0 Å². The number of aromatic nitrogens is 1. The van der Waals surface area contributed by atoms with Gasteiger partial charge in [0, 0.05) is 54.5 Å². The largest absolute Gasteiger partial charge is 0.326 e. The summed E-state index contributed by atoms with van der Waals surface area (Å²) in [5.41, 5.74) is 4.83. The zero-order valence-corrected chi connectivity index (χ0v) is 16.7. The number of para-hydroxylation sites is 1. The van der Waals surface area contributed by atoms with Gasteiger partial charge in [0.1, 0.15) is 0 Å². The first kappa shape index (κ1) is 19.1. The average Bonchev–Trinajstić information content (AvgIpc) is 2.71. The number of carbonyl (C=O) groups excluding carboxylic acids is 2. The van der Waals surface area contributed by atoms with E-state index >= 15 is 0 Å². The quantitative estimate of drug-likeness (QED) is 0.712. The average molecular weight is 388 g/mol. The minimum atomic E-state index is -0.155. The number of likely N-dealkylation sites (N-methyl/N-ethyl adjacent to an activating group) is 1. The lowest BCUT2D eigenvalue weighted by Gasteiger charge is -2.29. The van der Waals surface area contributed by atoms with Crippen molar-refractivity contribution in [1.29, 1.82) is 0 Å². The van der Waals surface area contributed by atoms with Crippen LogP contribution in [0.3, 0.4) is 0 Å². The lowest BCUT2D eigenvalue weighted by molar-refractivity contribution is -0.114. The Balaban J connectivity index is 1.75. The van der Waals surface area contributed by atoms with Crippen molar-refractivity contribution < 1.29 is 9.59 Å². The Morgan fingerprint density at radius 2 is 1.83 bits per heavy atom. The topological polar surface area (TPSA) is 74.3 Å². The third-order valence-electron chi connectivity index (χ3n) is 5.24. The first-order valence-corrected chi connectivity index (χ1v) is 9.87. The number of carbonyl (C=O) groups is 2. The summed E-state index contributed by atoms with van der Waals surface area (Å²) in [5, 5.41) is 6.62. The summed E-state index contributed by atoms with van der Waals surface area (Å²) in [5.74, 6) is -0.305. The second kappa shape index (κ2) is 8.01. The first-order chi connectivity index (χ1) is 14.0. The summed E-state index contributed by atoms with van der Waals surface area (Å²) >= 11 is 0. The fraction of sp³-hybridized carbons (Fsp3) is 0.261. The molecule has 148 valence electrons. The minimum Gasteiger partial charge on any atom is -0.326 e. The van der Waals surface area contributed by atoms with E-state index in [9.17, 15) is 9.59 Å². The normalized spacial score (nSPS) is 13.7. The van der Waals surface area contributed by atoms with E-state index in [4.69, 9.17) is 4.98 Å². The number of benzene rings is 2. The third kappa shape index (κ3) is 3.98. The molecule has 0 unspecified atom stereocenters. The second-order valence-corrected chi connectivity index (χ2v) is 7.26. The maximum absolute atomic E-state index is 13.4. The van der Waals surface area contributed by atoms with Crippen molar-refractivity contribution in [1.82, 2.24) is 9.88 Å². The van der Waals surface area contributed by atoms with E-state index in [0.29, 0.717) is 16.9 Å². The lowest BCUT2D eigenvalue weighted by Crippen LogP contribution is -2.33. The predicted octanol–water partition coefficient (Wildman–Crippen LogP) is 3.82. The monoisotopic (exact) mass is 388 g/mol. The summed E-state index contributed by atoms with van der Waals surface area (Å²) in [4.78, 5) is 31.9. The van der Waals surface area contributed by atoms with Gasteiger partial charge in [-0.05, 0) is 30.8 Å². The summed E-state index contributed by atoms with van der Waals surface area (Å²) in [6, 6.07) is 15.0. The van der Waals surface area contributed by atoms with Gasteiger partial charge in [0.25, 0.3) is 5.91 Å². The van der Waals surface area contributed by atoms with Crippen molar-refractivity contribution >= 4 is 34.1 Å². The number of anilines is 2. The van der Waals surface area contributed by atoms with Crippen LogP contribution in [-0.4, -0.2) is 34.8 Å². The van der Waals surface area contributed by atoms with E-state index in [1.165, 1.54) is 6.92 Å². The molecule has 29 heavy (non-hydrogen) atoms. The van der Waals surface area contributed by atoms with Crippen molar-refractivity contribution in [3.63, 3.8) is 0 Å². The molecule has 0 atom stereocenters. The highest BCUT2D eigenvalue weighted by atomic mass is 16.2. The van der Waals surface area contributed by atoms with E-state index in [0.717, 1.165) is 48.2 Å². The highest BCUT2D eigenvalue weighted by Crippen LogP contribution is 2.29. The summed E-state index contributed by atoms with van der Waals surface area (Å²) < 4.78 is 0. The fourth-order valence-corrected chi connectivity index (χ4v) is 3.85. The number of hydrogen-bond donors (Lipinski definition) is 2. The van der Waals surface area contributed by atoms with Gasteiger partial charge in [0.2, 0.25) is 5.91 Å². The van der Waals surface area contributed by atoms with Crippen LogP contribution in [0.15, 0.2) is 48.5 Å². The summed E-state index contributed by atoms with van der Waals surface area (Å²) in [6.45, 7) is 6.20. The molecule has 0 fully saturated rings. The van der Waals surface area contributed by atoms with Crippen LogP contribution in [0.4, 0.5) is 11.4 Å². The Labute approximate surface area is 169 Å². The van der Waals surface area contributed by atoms with Gasteiger partial charge in [-0.1, -0.05) is 31.2 Å². The van der Waals surface area contributed by atoms with E-state index in [1.54, 1.807) is 18.2 Å². The molecule has 3 aromatic rings. The molecule has 6 nitrogen and oxygen atoms in total. The zero-order valence-electron chi connectivity index (χ0n) is 16.7. The van der Waals surface area contributed by atoms with Gasteiger partial charge in [0.05, 0.1) is 11.1 Å². The molecule has 0 radical (unpaired) electrons. The lowest BCUT2D eigenvalue weighted by atomic mass is 9.95. The molecular formula is C23H24N4O2. The van der Waals surface area contributed by atoms with Gasteiger partial charge in [-0.3, -0.25) is 19.5 Å². The van der Waals surface area contributed by atoms with Gasteiger partial charge in [-0.25, -0.2) is 0 Å². The van der Waals surface area contributed by atoms with Crippen LogP contribution in [0.5, 0.6) is 0 Å². The molecule has 0 spiro atoms. The number of pyridine rings is 1. The maximum Gasteiger partial charge on any atom is 0.256 e. The van der Waals surface area contributed by atoms with E-state index < -0.39 is 0 Å². The number of fused-ring (bicyclic) bond motifs is 2. The number of nitrogens with zero attached hydrogens (tertiary/aromatic N) is 2. The van der Waals surface area contributed by atoms with Crippen molar-refractivity contribution in [2.24, 2.45) is 0 Å². The Kier molecular flexibility index (Phi) is 5.27. The van der Waals surface area contributed by atoms with E-state index in [1.807, 2.05) is 30.3 Å². The number of amides is 2. The number of nitrogens with one attached hydrogen (secondary N) is 2. The molecular weight excluding hydrogens is 364 g/mol. The van der Waals surface area contributed by atoms with Gasteiger partial charge >= 0.3 is 0 Å². The van der Waals surface area contributed by atoms with Crippen LogP contribution in [0.2, 0.25) is 0 Å². The minimum absolute atomic E-state index is 0.151. The molecule has 1 aliphatic rings. The third-order valence-corrected chi connectivity index (χ3v) is 5.24. The molecule has 0 saturated carbocycles. The Hall–Kier alpha value is -3.25. The van der Waals surface area contributed by atoms with Crippen molar-refractivity contribution in [2.75, 3.05) is 23.7 Å².